The molecule has 0 aliphatic rings. The van der Waals surface area contributed by atoms with Crippen molar-refractivity contribution in [1.82, 2.24) is 4.98 Å². The molecule has 0 unspecified atom stereocenters. The number of methoxy groups -OCH3 is 1. The Morgan fingerprint density at radius 3 is 2.79 bits per heavy atom. The molecular formula is C8H11ClN2O2S. The molecule has 0 saturated heterocycles. The molecule has 1 aromatic heterocycles. The van der Waals surface area contributed by atoms with Crippen LogP contribution in [-0.2, 0) is 4.74 Å². The number of hydrogen-bond acceptors (Lipinski definition) is 5. The van der Waals surface area contributed by atoms with Crippen LogP contribution in [0.5, 0.6) is 0 Å². The standard InChI is InChI=1S/C8H11ClN2O2S/c1-4(2)10-8-11-6(9)5(14-8)7(12)13-3/h4H,1-3H3,(H,10,11). The Kier molecular flexibility index (Phi) is 3.71. The zero-order valence-corrected chi connectivity index (χ0v) is 9.70. The van der Waals surface area contributed by atoms with Gasteiger partial charge in [0.25, 0.3) is 0 Å². The first-order valence-corrected chi connectivity index (χ1v) is 5.25. The van der Waals surface area contributed by atoms with Gasteiger partial charge in [-0.25, -0.2) is 9.78 Å². The minimum absolute atomic E-state index is 0.185. The molecule has 1 N–H and O–H groups in total. The summed E-state index contributed by atoms with van der Waals surface area (Å²) in [6.45, 7) is 3.96. The molecule has 0 aliphatic carbocycles. The molecule has 0 atom stereocenters. The number of thiazole rings is 1. The Balaban J connectivity index is 2.87. The second kappa shape index (κ2) is 4.61. The van der Waals surface area contributed by atoms with Crippen molar-refractivity contribution in [2.45, 2.75) is 19.9 Å². The van der Waals surface area contributed by atoms with Gasteiger partial charge in [-0.05, 0) is 13.8 Å². The van der Waals surface area contributed by atoms with Crippen LogP contribution in [0.15, 0.2) is 0 Å². The first-order chi connectivity index (χ1) is 6.54. The third-order valence-electron chi connectivity index (χ3n) is 1.37. The maximum atomic E-state index is 11.2. The topological polar surface area (TPSA) is 51.2 Å². The Hall–Kier alpha value is -0.810. The van der Waals surface area contributed by atoms with E-state index in [0.717, 1.165) is 0 Å². The molecule has 1 heterocycles. The summed E-state index contributed by atoms with van der Waals surface area (Å²) in [4.78, 5) is 15.5. The summed E-state index contributed by atoms with van der Waals surface area (Å²) in [5.41, 5.74) is 0. The summed E-state index contributed by atoms with van der Waals surface area (Å²) in [5.74, 6) is -0.454. The Bertz CT molecular complexity index is 338. The quantitative estimate of drug-likeness (QED) is 0.816. The number of halogens is 1. The third kappa shape index (κ3) is 2.59. The van der Waals surface area contributed by atoms with Crippen molar-refractivity contribution < 1.29 is 9.53 Å². The van der Waals surface area contributed by atoms with Crippen LogP contribution in [0.3, 0.4) is 0 Å². The van der Waals surface area contributed by atoms with Gasteiger partial charge in [-0.2, -0.15) is 0 Å². The number of aromatic nitrogens is 1. The van der Waals surface area contributed by atoms with Gasteiger partial charge in [0.15, 0.2) is 15.2 Å². The monoisotopic (exact) mass is 234 g/mol. The second-order valence-corrected chi connectivity index (χ2v) is 4.29. The predicted octanol–water partition coefficient (Wildman–Crippen LogP) is 2.40. The number of anilines is 1. The van der Waals surface area contributed by atoms with Crippen molar-refractivity contribution in [1.29, 1.82) is 0 Å². The lowest BCUT2D eigenvalue weighted by molar-refractivity contribution is 0.0606. The molecule has 0 aromatic carbocycles. The number of esters is 1. The smallest absolute Gasteiger partial charge is 0.351 e. The fourth-order valence-electron chi connectivity index (χ4n) is 0.829. The predicted molar refractivity (Wildman–Crippen MR) is 57.2 cm³/mol. The van der Waals surface area contributed by atoms with E-state index in [1.807, 2.05) is 13.8 Å². The molecule has 0 bridgehead atoms. The molecule has 1 rings (SSSR count). The second-order valence-electron chi connectivity index (χ2n) is 2.93. The fraction of sp³-hybridized carbons (Fsp3) is 0.500. The number of carbonyl (C=O) groups excluding carboxylic acids is 1. The van der Waals surface area contributed by atoms with Gasteiger partial charge in [-0.1, -0.05) is 22.9 Å². The van der Waals surface area contributed by atoms with Crippen LogP contribution in [0.4, 0.5) is 5.13 Å². The first kappa shape index (κ1) is 11.3. The summed E-state index contributed by atoms with van der Waals surface area (Å²) < 4.78 is 4.55. The highest BCUT2D eigenvalue weighted by Crippen LogP contribution is 2.27. The van der Waals surface area contributed by atoms with Gasteiger partial charge in [0.05, 0.1) is 7.11 Å². The van der Waals surface area contributed by atoms with Gasteiger partial charge in [-0.3, -0.25) is 0 Å². The number of nitrogens with zero attached hydrogens (tertiary/aromatic N) is 1. The largest absolute Gasteiger partial charge is 0.465 e. The van der Waals surface area contributed by atoms with E-state index >= 15 is 0 Å². The molecule has 4 nitrogen and oxygen atoms in total. The van der Waals surface area contributed by atoms with Crippen molar-refractivity contribution in [2.75, 3.05) is 12.4 Å². The SMILES string of the molecule is COC(=O)c1sc(NC(C)C)nc1Cl. The summed E-state index contributed by atoms with van der Waals surface area (Å²) in [6.07, 6.45) is 0. The maximum absolute atomic E-state index is 11.2. The van der Waals surface area contributed by atoms with Gasteiger partial charge >= 0.3 is 5.97 Å². The molecular weight excluding hydrogens is 224 g/mol. The lowest BCUT2D eigenvalue weighted by Crippen LogP contribution is -2.08. The van der Waals surface area contributed by atoms with E-state index in [4.69, 9.17) is 11.6 Å². The van der Waals surface area contributed by atoms with E-state index in [1.165, 1.54) is 18.4 Å². The molecule has 0 fully saturated rings. The third-order valence-corrected chi connectivity index (χ3v) is 2.72. The number of rotatable bonds is 3. The van der Waals surface area contributed by atoms with Crippen molar-refractivity contribution in [3.8, 4) is 0 Å². The Labute approximate surface area is 91.2 Å². The zero-order valence-electron chi connectivity index (χ0n) is 8.13. The first-order valence-electron chi connectivity index (χ1n) is 4.05. The van der Waals surface area contributed by atoms with E-state index in [9.17, 15) is 4.79 Å². The summed E-state index contributed by atoms with van der Waals surface area (Å²) >= 11 is 6.95. The maximum Gasteiger partial charge on any atom is 0.351 e. The average Bonchev–Trinajstić information content (AvgIpc) is 2.44. The summed E-state index contributed by atoms with van der Waals surface area (Å²) in [6, 6.07) is 0.253. The van der Waals surface area contributed by atoms with Crippen molar-refractivity contribution in [2.24, 2.45) is 0 Å². The minimum Gasteiger partial charge on any atom is -0.465 e. The van der Waals surface area contributed by atoms with Gasteiger partial charge < -0.3 is 10.1 Å². The zero-order chi connectivity index (χ0) is 10.7. The lowest BCUT2D eigenvalue weighted by atomic mass is 10.4. The van der Waals surface area contributed by atoms with Gasteiger partial charge in [0.1, 0.15) is 0 Å². The lowest BCUT2D eigenvalue weighted by Gasteiger charge is -2.03. The minimum atomic E-state index is -0.454. The van der Waals surface area contributed by atoms with Crippen molar-refractivity contribution >= 4 is 34.0 Å². The molecule has 0 spiro atoms. The van der Waals surface area contributed by atoms with Crippen LogP contribution < -0.4 is 5.32 Å². The van der Waals surface area contributed by atoms with E-state index in [2.05, 4.69) is 15.0 Å². The van der Waals surface area contributed by atoms with Crippen LogP contribution in [0, 0.1) is 0 Å². The number of nitrogens with one attached hydrogen (secondary N) is 1. The molecule has 78 valence electrons. The summed E-state index contributed by atoms with van der Waals surface area (Å²) in [5, 5.41) is 3.88. The number of carbonyl (C=O) groups is 1. The molecule has 0 radical (unpaired) electrons. The van der Waals surface area contributed by atoms with E-state index in [0.29, 0.717) is 10.0 Å². The Morgan fingerprint density at radius 1 is 1.64 bits per heavy atom. The van der Waals surface area contributed by atoms with E-state index < -0.39 is 5.97 Å². The van der Waals surface area contributed by atoms with Gasteiger partial charge in [0.2, 0.25) is 0 Å². The average molecular weight is 235 g/mol. The molecule has 0 aliphatic heterocycles. The highest BCUT2D eigenvalue weighted by molar-refractivity contribution is 7.18. The highest BCUT2D eigenvalue weighted by atomic mass is 35.5. The molecule has 6 heteroatoms. The van der Waals surface area contributed by atoms with Crippen molar-refractivity contribution in [3.05, 3.63) is 10.0 Å². The van der Waals surface area contributed by atoms with Crippen LogP contribution in [0.25, 0.3) is 0 Å². The van der Waals surface area contributed by atoms with Crippen LogP contribution in [0.2, 0.25) is 5.15 Å². The number of ether oxygens (including phenoxy) is 1. The fourth-order valence-corrected chi connectivity index (χ4v) is 2.08. The van der Waals surface area contributed by atoms with E-state index in [1.54, 1.807) is 0 Å². The Morgan fingerprint density at radius 2 is 2.29 bits per heavy atom. The molecule has 1 aromatic rings. The van der Waals surface area contributed by atoms with Crippen LogP contribution in [0.1, 0.15) is 23.5 Å². The van der Waals surface area contributed by atoms with Gasteiger partial charge in [0, 0.05) is 6.04 Å². The molecule has 14 heavy (non-hydrogen) atoms. The van der Waals surface area contributed by atoms with Crippen LogP contribution >= 0.6 is 22.9 Å². The summed E-state index contributed by atoms with van der Waals surface area (Å²) in [7, 11) is 1.31. The highest BCUT2D eigenvalue weighted by Gasteiger charge is 2.17. The van der Waals surface area contributed by atoms with Crippen molar-refractivity contribution in [3.63, 3.8) is 0 Å². The van der Waals surface area contributed by atoms with E-state index in [-0.39, 0.29) is 11.2 Å². The normalized spacial score (nSPS) is 10.4. The van der Waals surface area contributed by atoms with Crippen LogP contribution in [-0.4, -0.2) is 24.1 Å². The van der Waals surface area contributed by atoms with Gasteiger partial charge in [-0.15, -0.1) is 0 Å². The number of hydrogen-bond donors (Lipinski definition) is 1. The molecule has 0 amide bonds. The molecule has 0 saturated carbocycles.